The number of aryl methyl sites for hydroxylation is 1. The molecule has 0 N–H and O–H groups in total. The van der Waals surface area contributed by atoms with Crippen LogP contribution in [0.1, 0.15) is 42.6 Å². The maximum Gasteiger partial charge on any atom is 0.150 e. The van der Waals surface area contributed by atoms with Gasteiger partial charge in [0.1, 0.15) is 12.0 Å². The van der Waals surface area contributed by atoms with Crippen LogP contribution in [0.5, 0.6) is 5.75 Å². The van der Waals surface area contributed by atoms with Crippen molar-refractivity contribution >= 4 is 6.29 Å². The molecule has 15 heavy (non-hydrogen) atoms. The second kappa shape index (κ2) is 6.23. The Balaban J connectivity index is 2.70. The first-order chi connectivity index (χ1) is 7.31. The van der Waals surface area contributed by atoms with E-state index in [1.54, 1.807) is 0 Å². The minimum atomic E-state index is 0.750. The average Bonchev–Trinajstić information content (AvgIpc) is 2.29. The van der Waals surface area contributed by atoms with Crippen molar-refractivity contribution in [3.8, 4) is 5.75 Å². The summed E-state index contributed by atoms with van der Waals surface area (Å²) in [5.74, 6) is 0.867. The molecule has 0 heterocycles. The number of carbonyl (C=O) groups excluding carboxylic acids is 1. The molecule has 0 amide bonds. The van der Waals surface area contributed by atoms with Crippen molar-refractivity contribution in [1.82, 2.24) is 0 Å². The van der Waals surface area contributed by atoms with E-state index in [1.807, 2.05) is 25.1 Å². The van der Waals surface area contributed by atoms with E-state index in [4.69, 9.17) is 4.74 Å². The Morgan fingerprint density at radius 1 is 1.33 bits per heavy atom. The third-order valence-electron chi connectivity index (χ3n) is 2.39. The van der Waals surface area contributed by atoms with Crippen molar-refractivity contribution in [2.75, 3.05) is 6.61 Å². The van der Waals surface area contributed by atoms with Crippen LogP contribution in [0.15, 0.2) is 18.2 Å². The highest BCUT2D eigenvalue weighted by molar-refractivity contribution is 5.77. The molecule has 0 saturated carbocycles. The molecule has 0 bridgehead atoms. The molecule has 0 unspecified atom stereocenters. The molecule has 0 aliphatic rings. The Bertz CT molecular complexity index is 318. The normalized spacial score (nSPS) is 10.0. The summed E-state index contributed by atoms with van der Waals surface area (Å²) in [6.07, 6.45) is 3.96. The number of unbranched alkanes of at least 4 members (excludes halogenated alkanes) is 1. The molecular weight excluding hydrogens is 188 g/mol. The summed E-state index contributed by atoms with van der Waals surface area (Å²) < 4.78 is 5.57. The number of carbonyl (C=O) groups is 1. The molecule has 0 atom stereocenters. The summed E-state index contributed by atoms with van der Waals surface area (Å²) in [5, 5.41) is 0. The molecule has 0 aliphatic heterocycles. The highest BCUT2D eigenvalue weighted by Crippen LogP contribution is 2.17. The number of hydrogen-bond donors (Lipinski definition) is 0. The van der Waals surface area contributed by atoms with Crippen molar-refractivity contribution in [3.05, 3.63) is 29.3 Å². The second-order valence-corrected chi connectivity index (χ2v) is 3.53. The van der Waals surface area contributed by atoms with Gasteiger partial charge in [-0.2, -0.15) is 0 Å². The molecule has 1 aromatic rings. The van der Waals surface area contributed by atoms with Crippen molar-refractivity contribution in [3.63, 3.8) is 0 Å². The molecule has 0 radical (unpaired) electrons. The van der Waals surface area contributed by atoms with Crippen molar-refractivity contribution in [2.24, 2.45) is 0 Å². The van der Waals surface area contributed by atoms with Crippen LogP contribution < -0.4 is 4.74 Å². The Kier molecular flexibility index (Phi) is 4.88. The number of aldehydes is 1. The Hall–Kier alpha value is -1.31. The minimum Gasteiger partial charge on any atom is -0.494 e. The summed E-state index contributed by atoms with van der Waals surface area (Å²) in [7, 11) is 0. The summed E-state index contributed by atoms with van der Waals surface area (Å²) >= 11 is 0. The molecule has 0 spiro atoms. The van der Waals surface area contributed by atoms with E-state index in [0.717, 1.165) is 49.0 Å². The van der Waals surface area contributed by atoms with E-state index in [1.165, 1.54) is 0 Å². The summed E-state index contributed by atoms with van der Waals surface area (Å²) in [4.78, 5) is 10.7. The van der Waals surface area contributed by atoms with Crippen LogP contribution in [0.2, 0.25) is 0 Å². The molecular formula is C13H18O2. The number of ether oxygens (including phenoxy) is 1. The van der Waals surface area contributed by atoms with Gasteiger partial charge in [-0.1, -0.05) is 20.3 Å². The fraction of sp³-hybridized carbons (Fsp3) is 0.462. The Morgan fingerprint density at radius 2 is 2.13 bits per heavy atom. The monoisotopic (exact) mass is 206 g/mol. The molecule has 82 valence electrons. The summed E-state index contributed by atoms with van der Waals surface area (Å²) in [5.41, 5.74) is 1.82. The molecule has 1 aromatic carbocycles. The first kappa shape index (κ1) is 11.8. The maximum absolute atomic E-state index is 10.7. The molecule has 0 aliphatic carbocycles. The highest BCUT2D eigenvalue weighted by atomic mass is 16.5. The van der Waals surface area contributed by atoms with Gasteiger partial charge in [-0.05, 0) is 36.6 Å². The van der Waals surface area contributed by atoms with Crippen LogP contribution in [0.25, 0.3) is 0 Å². The van der Waals surface area contributed by atoms with Gasteiger partial charge in [-0.15, -0.1) is 0 Å². The van der Waals surface area contributed by atoms with Crippen LogP contribution in [0.4, 0.5) is 0 Å². The van der Waals surface area contributed by atoms with Crippen LogP contribution in [0.3, 0.4) is 0 Å². The predicted molar refractivity (Wildman–Crippen MR) is 61.6 cm³/mol. The van der Waals surface area contributed by atoms with Gasteiger partial charge in [0.05, 0.1) is 6.61 Å². The average molecular weight is 206 g/mol. The fourth-order valence-electron chi connectivity index (χ4n) is 1.43. The standard InChI is InChI=1S/C13H18O2/c1-3-5-8-15-13-7-6-12(10-14)11(4-2)9-13/h6-7,9-10H,3-5,8H2,1-2H3. The van der Waals surface area contributed by atoms with Gasteiger partial charge in [0.25, 0.3) is 0 Å². The van der Waals surface area contributed by atoms with Crippen molar-refractivity contribution < 1.29 is 9.53 Å². The molecule has 0 fully saturated rings. The van der Waals surface area contributed by atoms with Crippen molar-refractivity contribution in [1.29, 1.82) is 0 Å². The fourth-order valence-corrected chi connectivity index (χ4v) is 1.43. The smallest absolute Gasteiger partial charge is 0.150 e. The lowest BCUT2D eigenvalue weighted by molar-refractivity contribution is 0.112. The van der Waals surface area contributed by atoms with Crippen LogP contribution in [-0.2, 0) is 6.42 Å². The van der Waals surface area contributed by atoms with Crippen LogP contribution in [0, 0.1) is 0 Å². The van der Waals surface area contributed by atoms with Gasteiger partial charge < -0.3 is 4.74 Å². The molecule has 1 rings (SSSR count). The third kappa shape index (κ3) is 3.39. The molecule has 2 nitrogen and oxygen atoms in total. The number of rotatable bonds is 6. The van der Waals surface area contributed by atoms with Crippen molar-refractivity contribution in [2.45, 2.75) is 33.1 Å². The van der Waals surface area contributed by atoms with Gasteiger partial charge in [0.2, 0.25) is 0 Å². The van der Waals surface area contributed by atoms with Gasteiger partial charge in [0, 0.05) is 5.56 Å². The predicted octanol–water partition coefficient (Wildman–Crippen LogP) is 3.24. The Labute approximate surface area is 91.3 Å². The lowest BCUT2D eigenvalue weighted by Crippen LogP contribution is -1.98. The summed E-state index contributed by atoms with van der Waals surface area (Å²) in [6.45, 7) is 4.93. The van der Waals surface area contributed by atoms with Gasteiger partial charge >= 0.3 is 0 Å². The van der Waals surface area contributed by atoms with E-state index in [9.17, 15) is 4.79 Å². The lowest BCUT2D eigenvalue weighted by atomic mass is 10.1. The van der Waals surface area contributed by atoms with Gasteiger partial charge in [-0.3, -0.25) is 4.79 Å². The lowest BCUT2D eigenvalue weighted by Gasteiger charge is -2.08. The number of hydrogen-bond acceptors (Lipinski definition) is 2. The van der Waals surface area contributed by atoms with E-state index in [0.29, 0.717) is 0 Å². The second-order valence-electron chi connectivity index (χ2n) is 3.53. The van der Waals surface area contributed by atoms with Crippen LogP contribution in [-0.4, -0.2) is 12.9 Å². The largest absolute Gasteiger partial charge is 0.494 e. The third-order valence-corrected chi connectivity index (χ3v) is 2.39. The van der Waals surface area contributed by atoms with E-state index >= 15 is 0 Å². The maximum atomic E-state index is 10.7. The number of benzene rings is 1. The quantitative estimate of drug-likeness (QED) is 0.527. The van der Waals surface area contributed by atoms with E-state index in [-0.39, 0.29) is 0 Å². The first-order valence-corrected chi connectivity index (χ1v) is 5.52. The molecule has 2 heteroatoms. The SMILES string of the molecule is CCCCOc1ccc(C=O)c(CC)c1. The highest BCUT2D eigenvalue weighted by Gasteiger charge is 2.01. The van der Waals surface area contributed by atoms with E-state index < -0.39 is 0 Å². The van der Waals surface area contributed by atoms with Gasteiger partial charge in [0.15, 0.2) is 0 Å². The summed E-state index contributed by atoms with van der Waals surface area (Å²) in [6, 6.07) is 5.64. The zero-order chi connectivity index (χ0) is 11.1. The van der Waals surface area contributed by atoms with Crippen LogP contribution >= 0.6 is 0 Å². The minimum absolute atomic E-state index is 0.750. The van der Waals surface area contributed by atoms with E-state index in [2.05, 4.69) is 6.92 Å². The molecule has 0 aromatic heterocycles. The first-order valence-electron chi connectivity index (χ1n) is 5.52. The molecule has 0 saturated heterocycles. The van der Waals surface area contributed by atoms with Gasteiger partial charge in [-0.25, -0.2) is 0 Å². The zero-order valence-electron chi connectivity index (χ0n) is 9.45. The zero-order valence-corrected chi connectivity index (χ0v) is 9.45. The topological polar surface area (TPSA) is 26.3 Å². The Morgan fingerprint density at radius 3 is 2.73 bits per heavy atom.